The van der Waals surface area contributed by atoms with Crippen molar-refractivity contribution >= 4 is 11.7 Å². The highest BCUT2D eigenvalue weighted by Crippen LogP contribution is 2.20. The summed E-state index contributed by atoms with van der Waals surface area (Å²) >= 11 is 0. The minimum absolute atomic E-state index is 0.165. The number of benzene rings is 1. The van der Waals surface area contributed by atoms with E-state index in [1.807, 2.05) is 37.4 Å². The molecule has 1 aromatic carbocycles. The van der Waals surface area contributed by atoms with E-state index < -0.39 is 6.10 Å². The van der Waals surface area contributed by atoms with Crippen LogP contribution in [0.3, 0.4) is 0 Å². The number of amides is 2. The van der Waals surface area contributed by atoms with E-state index in [2.05, 4.69) is 10.4 Å². The van der Waals surface area contributed by atoms with E-state index in [0.717, 1.165) is 16.9 Å². The van der Waals surface area contributed by atoms with Crippen molar-refractivity contribution in [3.8, 4) is 5.69 Å². The van der Waals surface area contributed by atoms with Gasteiger partial charge in [-0.2, -0.15) is 5.10 Å². The first-order chi connectivity index (χ1) is 10.1. The van der Waals surface area contributed by atoms with Gasteiger partial charge in [-0.3, -0.25) is 0 Å². The molecule has 2 amide bonds. The number of aliphatic hydroxyl groups excluding tert-OH is 1. The highest BCUT2D eigenvalue weighted by atomic mass is 16.3. The van der Waals surface area contributed by atoms with Gasteiger partial charge in [0.05, 0.1) is 11.8 Å². The second kappa shape index (κ2) is 5.57. The summed E-state index contributed by atoms with van der Waals surface area (Å²) in [7, 11) is 0. The van der Waals surface area contributed by atoms with E-state index in [1.165, 1.54) is 0 Å². The Morgan fingerprint density at radius 2 is 2.33 bits per heavy atom. The normalized spacial score (nSPS) is 18.0. The zero-order valence-corrected chi connectivity index (χ0v) is 11.9. The van der Waals surface area contributed by atoms with Crippen LogP contribution in [0.1, 0.15) is 12.0 Å². The molecule has 0 spiro atoms. The Morgan fingerprint density at radius 1 is 1.48 bits per heavy atom. The van der Waals surface area contributed by atoms with Crippen molar-refractivity contribution in [1.82, 2.24) is 14.7 Å². The molecule has 2 N–H and O–H groups in total. The number of nitrogens with one attached hydrogen (secondary N) is 1. The Kier molecular flexibility index (Phi) is 3.62. The van der Waals surface area contributed by atoms with Crippen LogP contribution in [0.5, 0.6) is 0 Å². The number of carbonyl (C=O) groups excluding carboxylic acids is 1. The van der Waals surface area contributed by atoms with E-state index in [9.17, 15) is 9.90 Å². The van der Waals surface area contributed by atoms with Gasteiger partial charge in [0.1, 0.15) is 0 Å². The summed E-state index contributed by atoms with van der Waals surface area (Å²) in [6.45, 7) is 2.94. The Bertz CT molecular complexity index is 639. The van der Waals surface area contributed by atoms with E-state index in [4.69, 9.17) is 0 Å². The molecule has 1 aromatic heterocycles. The van der Waals surface area contributed by atoms with Crippen molar-refractivity contribution in [1.29, 1.82) is 0 Å². The third-order valence-corrected chi connectivity index (χ3v) is 3.67. The zero-order valence-electron chi connectivity index (χ0n) is 11.9. The Labute approximate surface area is 123 Å². The molecule has 2 aromatic rings. The minimum atomic E-state index is -0.404. The number of β-amino-alcohol motifs (C(OH)–C–C–N with tert-alkyl or cyclic N) is 1. The highest BCUT2D eigenvalue weighted by molar-refractivity contribution is 5.90. The van der Waals surface area contributed by atoms with E-state index in [1.54, 1.807) is 15.8 Å². The van der Waals surface area contributed by atoms with Gasteiger partial charge < -0.3 is 15.3 Å². The molecule has 0 bridgehead atoms. The molecule has 6 heteroatoms. The Hall–Kier alpha value is -2.34. The van der Waals surface area contributed by atoms with Crippen molar-refractivity contribution < 1.29 is 9.90 Å². The molecule has 1 unspecified atom stereocenters. The van der Waals surface area contributed by atoms with Gasteiger partial charge in [0, 0.05) is 31.2 Å². The van der Waals surface area contributed by atoms with Crippen LogP contribution in [0.4, 0.5) is 10.5 Å². The van der Waals surface area contributed by atoms with Crippen LogP contribution in [0.15, 0.2) is 36.7 Å². The molecular formula is C15H18N4O2. The number of aliphatic hydroxyl groups is 1. The number of nitrogens with zero attached hydrogens (tertiary/aromatic N) is 3. The molecule has 1 saturated heterocycles. The molecule has 1 atom stereocenters. The fourth-order valence-corrected chi connectivity index (χ4v) is 2.47. The molecule has 1 fully saturated rings. The maximum Gasteiger partial charge on any atom is 0.321 e. The molecule has 21 heavy (non-hydrogen) atoms. The first-order valence-corrected chi connectivity index (χ1v) is 6.98. The van der Waals surface area contributed by atoms with Gasteiger partial charge in [-0.1, -0.05) is 0 Å². The van der Waals surface area contributed by atoms with E-state index in [-0.39, 0.29) is 6.03 Å². The number of hydrogen-bond donors (Lipinski definition) is 2. The lowest BCUT2D eigenvalue weighted by Gasteiger charge is -2.18. The molecule has 1 aliphatic rings. The molecular weight excluding hydrogens is 268 g/mol. The van der Waals surface area contributed by atoms with Crippen LogP contribution in [0.2, 0.25) is 0 Å². The average molecular weight is 286 g/mol. The summed E-state index contributed by atoms with van der Waals surface area (Å²) in [5.41, 5.74) is 2.69. The van der Waals surface area contributed by atoms with Gasteiger partial charge in [-0.05, 0) is 43.2 Å². The number of aryl methyl sites for hydroxylation is 1. The lowest BCUT2D eigenvalue weighted by atomic mass is 10.2. The van der Waals surface area contributed by atoms with Crippen molar-refractivity contribution in [3.05, 3.63) is 42.2 Å². The molecule has 6 nitrogen and oxygen atoms in total. The molecule has 110 valence electrons. The third-order valence-electron chi connectivity index (χ3n) is 3.67. The molecule has 0 radical (unpaired) electrons. The van der Waals surface area contributed by atoms with E-state index in [0.29, 0.717) is 19.5 Å². The van der Waals surface area contributed by atoms with Crippen molar-refractivity contribution in [2.45, 2.75) is 19.4 Å². The highest BCUT2D eigenvalue weighted by Gasteiger charge is 2.24. The number of carbonyl (C=O) groups is 1. The zero-order chi connectivity index (χ0) is 14.8. The quantitative estimate of drug-likeness (QED) is 0.884. The maximum atomic E-state index is 12.1. The first-order valence-electron chi connectivity index (χ1n) is 6.98. The largest absolute Gasteiger partial charge is 0.391 e. The summed E-state index contributed by atoms with van der Waals surface area (Å²) in [5.74, 6) is 0. The summed E-state index contributed by atoms with van der Waals surface area (Å²) < 4.78 is 1.77. The van der Waals surface area contributed by atoms with Crippen molar-refractivity contribution in [2.24, 2.45) is 0 Å². The topological polar surface area (TPSA) is 70.4 Å². The SMILES string of the molecule is Cc1cc(-n2cccn2)ccc1NC(=O)N1CCC(O)C1. The maximum absolute atomic E-state index is 12.1. The number of anilines is 1. The van der Waals surface area contributed by atoms with E-state index >= 15 is 0 Å². The molecule has 2 heterocycles. The first kappa shape index (κ1) is 13.6. The lowest BCUT2D eigenvalue weighted by molar-refractivity contribution is 0.176. The van der Waals surface area contributed by atoms with Gasteiger partial charge in [-0.15, -0.1) is 0 Å². The van der Waals surface area contributed by atoms with Gasteiger partial charge in [-0.25, -0.2) is 9.48 Å². The van der Waals surface area contributed by atoms with Gasteiger partial charge in [0.15, 0.2) is 0 Å². The summed E-state index contributed by atoms with van der Waals surface area (Å²) in [5, 5.41) is 16.6. The average Bonchev–Trinajstić information content (AvgIpc) is 3.12. The monoisotopic (exact) mass is 286 g/mol. The van der Waals surface area contributed by atoms with Crippen molar-refractivity contribution in [2.75, 3.05) is 18.4 Å². The predicted octanol–water partition coefficient (Wildman–Crippen LogP) is 1.78. The fraction of sp³-hybridized carbons (Fsp3) is 0.333. The number of aromatic nitrogens is 2. The number of likely N-dealkylation sites (tertiary alicyclic amines) is 1. The van der Waals surface area contributed by atoms with Crippen molar-refractivity contribution in [3.63, 3.8) is 0 Å². The van der Waals surface area contributed by atoms with Crippen LogP contribution in [0, 0.1) is 6.92 Å². The fourth-order valence-electron chi connectivity index (χ4n) is 2.47. The summed E-state index contributed by atoms with van der Waals surface area (Å²) in [4.78, 5) is 13.7. The third kappa shape index (κ3) is 2.90. The predicted molar refractivity (Wildman–Crippen MR) is 79.5 cm³/mol. The van der Waals surface area contributed by atoms with Crippen LogP contribution in [-0.4, -0.2) is 45.0 Å². The number of urea groups is 1. The van der Waals surface area contributed by atoms with Crippen LogP contribution in [-0.2, 0) is 0 Å². The summed E-state index contributed by atoms with van der Waals surface area (Å²) in [6, 6.07) is 7.46. The molecule has 3 rings (SSSR count). The number of hydrogen-bond acceptors (Lipinski definition) is 3. The van der Waals surface area contributed by atoms with Gasteiger partial charge in [0.25, 0.3) is 0 Å². The molecule has 0 aliphatic carbocycles. The Morgan fingerprint density at radius 3 is 2.95 bits per heavy atom. The lowest BCUT2D eigenvalue weighted by Crippen LogP contribution is -2.33. The Balaban J connectivity index is 1.73. The van der Waals surface area contributed by atoms with Crippen LogP contribution < -0.4 is 5.32 Å². The van der Waals surface area contributed by atoms with Crippen LogP contribution in [0.25, 0.3) is 5.69 Å². The van der Waals surface area contributed by atoms with Gasteiger partial charge in [0.2, 0.25) is 0 Å². The molecule has 0 saturated carbocycles. The molecule has 1 aliphatic heterocycles. The summed E-state index contributed by atoms with van der Waals surface area (Å²) in [6.07, 6.45) is 3.84. The number of rotatable bonds is 2. The van der Waals surface area contributed by atoms with Crippen LogP contribution >= 0.6 is 0 Å². The minimum Gasteiger partial charge on any atom is -0.391 e. The second-order valence-corrected chi connectivity index (χ2v) is 5.27. The smallest absolute Gasteiger partial charge is 0.321 e. The second-order valence-electron chi connectivity index (χ2n) is 5.27. The van der Waals surface area contributed by atoms with Gasteiger partial charge >= 0.3 is 6.03 Å². The standard InChI is InChI=1S/C15H18N4O2/c1-11-9-12(19-7-2-6-16-19)3-4-14(11)17-15(21)18-8-5-13(20)10-18/h2-4,6-7,9,13,20H,5,8,10H2,1H3,(H,17,21).